The Morgan fingerprint density at radius 2 is 1.21 bits per heavy atom. The number of unbranched alkanes of at least 4 members (excludes halogenated alkanes) is 12. The molecule has 0 aliphatic heterocycles. The molecule has 0 amide bonds. The maximum absolute atomic E-state index is 11.6. The summed E-state index contributed by atoms with van der Waals surface area (Å²) in [5, 5.41) is 8.47. The predicted molar refractivity (Wildman–Crippen MR) is 99.7 cm³/mol. The second-order valence-electron chi connectivity index (χ2n) is 6.60. The largest absolute Gasteiger partial charge is 0.481 e. The molecule has 0 bridgehead atoms. The fourth-order valence-electron chi connectivity index (χ4n) is 2.70. The van der Waals surface area contributed by atoms with Crippen LogP contribution in [0.3, 0.4) is 0 Å². The van der Waals surface area contributed by atoms with Crippen LogP contribution in [0.2, 0.25) is 0 Å². The number of sulfonamides is 1. The summed E-state index contributed by atoms with van der Waals surface area (Å²) in [5.41, 5.74) is 0. The zero-order valence-electron chi connectivity index (χ0n) is 15.4. The van der Waals surface area contributed by atoms with Crippen molar-refractivity contribution in [3.05, 3.63) is 0 Å². The van der Waals surface area contributed by atoms with Gasteiger partial charge >= 0.3 is 5.97 Å². The standard InChI is InChI=1S/C18H37NO4S/c1-2-3-4-5-6-7-8-9-10-11-12-13-14-17-24(22,23)19-16-15-18(20)21/h19H,2-17H2,1H3,(H,20,21). The van der Waals surface area contributed by atoms with Gasteiger partial charge in [0.1, 0.15) is 0 Å². The quantitative estimate of drug-likeness (QED) is 0.352. The lowest BCUT2D eigenvalue weighted by atomic mass is 10.1. The Bertz CT molecular complexity index is 396. The van der Waals surface area contributed by atoms with E-state index in [1.54, 1.807) is 0 Å². The smallest absolute Gasteiger partial charge is 0.304 e. The molecule has 0 saturated carbocycles. The molecule has 2 N–H and O–H groups in total. The minimum absolute atomic E-state index is 0.0177. The molecular weight excluding hydrogens is 326 g/mol. The van der Waals surface area contributed by atoms with Crippen LogP contribution >= 0.6 is 0 Å². The van der Waals surface area contributed by atoms with E-state index in [1.165, 1.54) is 64.2 Å². The highest BCUT2D eigenvalue weighted by molar-refractivity contribution is 7.89. The Kier molecular flexibility index (Phi) is 15.5. The number of nitrogens with one attached hydrogen (secondary N) is 1. The molecule has 5 nitrogen and oxygen atoms in total. The number of carboxylic acids is 1. The fraction of sp³-hybridized carbons (Fsp3) is 0.944. The van der Waals surface area contributed by atoms with E-state index in [0.29, 0.717) is 6.42 Å². The molecular formula is C18H37NO4S. The van der Waals surface area contributed by atoms with Gasteiger partial charge in [0.15, 0.2) is 0 Å². The van der Waals surface area contributed by atoms with Crippen LogP contribution < -0.4 is 4.72 Å². The molecule has 6 heteroatoms. The van der Waals surface area contributed by atoms with Crippen LogP contribution in [0.25, 0.3) is 0 Å². The number of hydrogen-bond acceptors (Lipinski definition) is 3. The average Bonchev–Trinajstić information content (AvgIpc) is 2.51. The molecule has 0 aromatic rings. The van der Waals surface area contributed by atoms with Gasteiger partial charge in [0.2, 0.25) is 10.0 Å². The number of carboxylic acid groups (broad SMARTS) is 1. The summed E-state index contributed by atoms with van der Waals surface area (Å²) in [5.74, 6) is -0.886. The predicted octanol–water partition coefficient (Wildman–Crippen LogP) is 4.47. The second-order valence-corrected chi connectivity index (χ2v) is 8.53. The highest BCUT2D eigenvalue weighted by atomic mass is 32.2. The first-order valence-corrected chi connectivity index (χ1v) is 11.3. The van der Waals surface area contributed by atoms with Crippen molar-refractivity contribution in [1.82, 2.24) is 4.72 Å². The van der Waals surface area contributed by atoms with Crippen molar-refractivity contribution in [3.8, 4) is 0 Å². The van der Waals surface area contributed by atoms with Crippen molar-refractivity contribution >= 4 is 16.0 Å². The van der Waals surface area contributed by atoms with Gasteiger partial charge < -0.3 is 5.11 Å². The minimum atomic E-state index is -3.31. The van der Waals surface area contributed by atoms with E-state index in [0.717, 1.165) is 12.8 Å². The Morgan fingerprint density at radius 3 is 1.62 bits per heavy atom. The molecule has 0 aromatic carbocycles. The van der Waals surface area contributed by atoms with Gasteiger partial charge in [-0.2, -0.15) is 0 Å². The van der Waals surface area contributed by atoms with E-state index in [-0.39, 0.29) is 18.7 Å². The molecule has 0 radical (unpaired) electrons. The minimum Gasteiger partial charge on any atom is -0.481 e. The van der Waals surface area contributed by atoms with Crippen molar-refractivity contribution in [2.24, 2.45) is 0 Å². The molecule has 0 aromatic heterocycles. The molecule has 0 aliphatic carbocycles. The highest BCUT2D eigenvalue weighted by Gasteiger charge is 2.09. The summed E-state index contributed by atoms with van der Waals surface area (Å²) in [7, 11) is -3.31. The summed E-state index contributed by atoms with van der Waals surface area (Å²) in [6.07, 6.45) is 15.7. The van der Waals surface area contributed by atoms with Crippen molar-refractivity contribution in [3.63, 3.8) is 0 Å². The van der Waals surface area contributed by atoms with Crippen LogP contribution in [0.5, 0.6) is 0 Å². The summed E-state index contributed by atoms with van der Waals surface area (Å²) in [6, 6.07) is 0. The van der Waals surface area contributed by atoms with Gasteiger partial charge in [-0.25, -0.2) is 13.1 Å². The van der Waals surface area contributed by atoms with E-state index in [1.807, 2.05) is 0 Å². The van der Waals surface area contributed by atoms with E-state index >= 15 is 0 Å². The van der Waals surface area contributed by atoms with Gasteiger partial charge in [-0.05, 0) is 6.42 Å². The molecule has 0 fully saturated rings. The monoisotopic (exact) mass is 363 g/mol. The molecule has 0 saturated heterocycles. The highest BCUT2D eigenvalue weighted by Crippen LogP contribution is 2.12. The first-order chi connectivity index (χ1) is 11.5. The van der Waals surface area contributed by atoms with Gasteiger partial charge in [-0.3, -0.25) is 4.79 Å². The third-order valence-electron chi connectivity index (χ3n) is 4.18. The van der Waals surface area contributed by atoms with Crippen LogP contribution in [-0.4, -0.2) is 31.8 Å². The molecule has 0 rings (SSSR count). The van der Waals surface area contributed by atoms with E-state index in [2.05, 4.69) is 11.6 Å². The number of hydrogen-bond donors (Lipinski definition) is 2. The van der Waals surface area contributed by atoms with Gasteiger partial charge in [-0.1, -0.05) is 84.0 Å². The van der Waals surface area contributed by atoms with Crippen molar-refractivity contribution < 1.29 is 18.3 Å². The SMILES string of the molecule is CCCCCCCCCCCCCCCS(=O)(=O)NCCC(=O)O. The summed E-state index contributed by atoms with van der Waals surface area (Å²) in [6.45, 7) is 2.22. The van der Waals surface area contributed by atoms with E-state index < -0.39 is 16.0 Å². The number of aliphatic carboxylic acids is 1. The third-order valence-corrected chi connectivity index (χ3v) is 5.65. The van der Waals surface area contributed by atoms with Crippen molar-refractivity contribution in [2.45, 2.75) is 96.8 Å². The fourth-order valence-corrected chi connectivity index (χ4v) is 3.84. The lowest BCUT2D eigenvalue weighted by Crippen LogP contribution is -2.28. The topological polar surface area (TPSA) is 83.5 Å². The Balaban J connectivity index is 3.31. The third kappa shape index (κ3) is 17.7. The summed E-state index contributed by atoms with van der Waals surface area (Å²) in [4.78, 5) is 10.3. The first kappa shape index (κ1) is 23.4. The van der Waals surface area contributed by atoms with E-state index in [9.17, 15) is 13.2 Å². The molecule has 0 spiro atoms. The average molecular weight is 364 g/mol. The Morgan fingerprint density at radius 1 is 0.792 bits per heavy atom. The van der Waals surface area contributed by atoms with Crippen molar-refractivity contribution in [2.75, 3.05) is 12.3 Å². The second kappa shape index (κ2) is 15.9. The lowest BCUT2D eigenvalue weighted by molar-refractivity contribution is -0.136. The van der Waals surface area contributed by atoms with Crippen LogP contribution in [0, 0.1) is 0 Å². The maximum atomic E-state index is 11.6. The Hall–Kier alpha value is -0.620. The molecule has 144 valence electrons. The summed E-state index contributed by atoms with van der Waals surface area (Å²) >= 11 is 0. The number of carbonyl (C=O) groups is 1. The lowest BCUT2D eigenvalue weighted by Gasteiger charge is -2.05. The maximum Gasteiger partial charge on any atom is 0.304 e. The normalized spacial score (nSPS) is 11.7. The zero-order valence-corrected chi connectivity index (χ0v) is 16.2. The van der Waals surface area contributed by atoms with E-state index in [4.69, 9.17) is 5.11 Å². The van der Waals surface area contributed by atoms with Crippen LogP contribution in [0.1, 0.15) is 96.8 Å². The van der Waals surface area contributed by atoms with Gasteiger partial charge in [0, 0.05) is 6.54 Å². The van der Waals surface area contributed by atoms with Gasteiger partial charge in [0.25, 0.3) is 0 Å². The van der Waals surface area contributed by atoms with Gasteiger partial charge in [-0.15, -0.1) is 0 Å². The van der Waals surface area contributed by atoms with Crippen molar-refractivity contribution in [1.29, 1.82) is 0 Å². The molecule has 0 aliphatic rings. The van der Waals surface area contributed by atoms with Crippen LogP contribution in [-0.2, 0) is 14.8 Å². The zero-order chi connectivity index (χ0) is 18.1. The molecule has 0 heterocycles. The molecule has 0 atom stereocenters. The van der Waals surface area contributed by atoms with Crippen LogP contribution in [0.4, 0.5) is 0 Å². The van der Waals surface area contributed by atoms with Crippen LogP contribution in [0.15, 0.2) is 0 Å². The first-order valence-electron chi connectivity index (χ1n) is 9.67. The van der Waals surface area contributed by atoms with Gasteiger partial charge in [0.05, 0.1) is 12.2 Å². The molecule has 24 heavy (non-hydrogen) atoms. The molecule has 0 unspecified atom stereocenters. The Labute approximate surface area is 148 Å². The number of rotatable bonds is 18. The summed E-state index contributed by atoms with van der Waals surface area (Å²) < 4.78 is 25.5.